The first-order valence-electron chi connectivity index (χ1n) is 11.0. The van der Waals surface area contributed by atoms with E-state index in [9.17, 15) is 0 Å². The van der Waals surface area contributed by atoms with E-state index in [0.717, 1.165) is 21.9 Å². The van der Waals surface area contributed by atoms with Crippen molar-refractivity contribution < 1.29 is 33.3 Å². The first-order valence-corrected chi connectivity index (χ1v) is 13.9. The van der Waals surface area contributed by atoms with Crippen molar-refractivity contribution >= 4 is 57.5 Å². The summed E-state index contributed by atoms with van der Waals surface area (Å²) in [6, 6.07) is 34.1. The van der Waals surface area contributed by atoms with Crippen LogP contribution in [0.1, 0.15) is 16.7 Å². The molecule has 5 nitrogen and oxygen atoms in total. The summed E-state index contributed by atoms with van der Waals surface area (Å²) < 4.78 is 43.0. The van der Waals surface area contributed by atoms with Gasteiger partial charge >= 0.3 is 188 Å². The minimum Gasteiger partial charge on any atom is -0.222 e. The Morgan fingerprint density at radius 3 is 1.58 bits per heavy atom. The van der Waals surface area contributed by atoms with Crippen LogP contribution < -0.4 is 27.6 Å². The Morgan fingerprint density at radius 1 is 0.611 bits per heavy atom. The third-order valence-corrected chi connectivity index (χ3v) is 8.09. The van der Waals surface area contributed by atoms with Crippen LogP contribution in [0.4, 0.5) is 0 Å². The van der Waals surface area contributed by atoms with Gasteiger partial charge in [-0.3, -0.25) is 0 Å². The molecule has 0 fully saturated rings. The third kappa shape index (κ3) is 5.41. The van der Waals surface area contributed by atoms with Crippen molar-refractivity contribution in [1.82, 2.24) is 0 Å². The predicted octanol–water partition coefficient (Wildman–Crippen LogP) is 1.22. The average molecular weight is 562 g/mol. The van der Waals surface area contributed by atoms with E-state index in [0.29, 0.717) is 15.0 Å². The maximum atomic E-state index is 8.49. The Morgan fingerprint density at radius 2 is 1.06 bits per heavy atom. The van der Waals surface area contributed by atoms with Crippen LogP contribution >= 0.6 is 0 Å². The van der Waals surface area contributed by atoms with Crippen LogP contribution in [0.5, 0.6) is 0 Å². The van der Waals surface area contributed by atoms with Gasteiger partial charge < -0.3 is 0 Å². The molecule has 1 aromatic heterocycles. The van der Waals surface area contributed by atoms with Crippen molar-refractivity contribution in [3.8, 4) is 0 Å². The van der Waals surface area contributed by atoms with Crippen LogP contribution in [0, 0.1) is 10.2 Å². The Balaban J connectivity index is 0.000000489. The second-order valence-corrected chi connectivity index (χ2v) is 10.9. The predicted molar refractivity (Wildman–Crippen MR) is 132 cm³/mol. The van der Waals surface area contributed by atoms with Gasteiger partial charge in [-0.25, -0.2) is 18.6 Å². The topological polar surface area (TPSA) is 104 Å². The van der Waals surface area contributed by atoms with Crippen molar-refractivity contribution in [2.45, 2.75) is 0 Å². The van der Waals surface area contributed by atoms with Crippen molar-refractivity contribution in [2.75, 3.05) is 0 Å². The van der Waals surface area contributed by atoms with Gasteiger partial charge in [0.2, 0.25) is 0 Å². The molecule has 0 saturated heterocycles. The SMILES string of the molecule is C(/C=C/c1c2ccccc2[o+]c2ccccc12)=C1c2ccccc2[Se]c2ccccc21.[O-][Cl+3]([O-])([O-])[O-]. The monoisotopic (exact) mass is 562 g/mol. The smallest absolute Gasteiger partial charge is 0.112 e. The summed E-state index contributed by atoms with van der Waals surface area (Å²) in [7, 11) is -4.94. The Labute approximate surface area is 216 Å². The van der Waals surface area contributed by atoms with Gasteiger partial charge in [-0.2, -0.15) is 0 Å². The first kappa shape index (κ1) is 24.4. The van der Waals surface area contributed by atoms with Crippen molar-refractivity contribution in [3.63, 3.8) is 0 Å². The second kappa shape index (κ2) is 10.3. The summed E-state index contributed by atoms with van der Waals surface area (Å²) >= 11 is 0.349. The largest absolute Gasteiger partial charge is 0.222 e. The zero-order valence-corrected chi connectivity index (χ0v) is 21.3. The molecule has 0 radical (unpaired) electrons. The maximum absolute atomic E-state index is 8.49. The molecule has 1 aliphatic heterocycles. The molecule has 2 heterocycles. The number of para-hydroxylation sites is 2. The van der Waals surface area contributed by atoms with Gasteiger partial charge in [-0.05, 0) is 0 Å². The molecule has 4 aromatic carbocycles. The quantitative estimate of drug-likeness (QED) is 0.180. The molecule has 0 spiro atoms. The molecule has 0 saturated carbocycles. The molecule has 0 aliphatic carbocycles. The van der Waals surface area contributed by atoms with Crippen molar-refractivity contribution in [1.29, 1.82) is 0 Å². The fourth-order valence-corrected chi connectivity index (χ4v) is 6.56. The molecule has 0 unspecified atom stereocenters. The van der Waals surface area contributed by atoms with Gasteiger partial charge in [0.25, 0.3) is 0 Å². The normalized spacial score (nSPS) is 12.7. The summed E-state index contributed by atoms with van der Waals surface area (Å²) in [6.45, 7) is 0. The summed E-state index contributed by atoms with van der Waals surface area (Å²) in [4.78, 5) is 0. The van der Waals surface area contributed by atoms with Crippen LogP contribution in [0.15, 0.2) is 114 Å². The number of halogens is 1. The van der Waals surface area contributed by atoms with Crippen molar-refractivity contribution in [3.05, 3.63) is 126 Å². The minimum atomic E-state index is -4.94. The van der Waals surface area contributed by atoms with Gasteiger partial charge in [0, 0.05) is 0 Å². The number of fused-ring (bicyclic) bond motifs is 4. The fourth-order valence-electron chi connectivity index (χ4n) is 4.24. The van der Waals surface area contributed by atoms with E-state index in [1.807, 2.05) is 24.3 Å². The van der Waals surface area contributed by atoms with Gasteiger partial charge in [-0.1, -0.05) is 0 Å². The van der Waals surface area contributed by atoms with E-state index in [-0.39, 0.29) is 0 Å². The average Bonchev–Trinajstić information content (AvgIpc) is 2.87. The Hall–Kier alpha value is -3.32. The van der Waals surface area contributed by atoms with Crippen LogP contribution in [-0.4, -0.2) is 15.0 Å². The molecular weight excluding hydrogens is 543 g/mol. The third-order valence-electron chi connectivity index (χ3n) is 5.67. The van der Waals surface area contributed by atoms with Crippen LogP contribution in [0.2, 0.25) is 0 Å². The molecule has 6 rings (SSSR count). The van der Waals surface area contributed by atoms with Crippen LogP contribution in [0.3, 0.4) is 0 Å². The van der Waals surface area contributed by atoms with E-state index >= 15 is 0 Å². The van der Waals surface area contributed by atoms with Gasteiger partial charge in [0.15, 0.2) is 0 Å². The zero-order valence-electron chi connectivity index (χ0n) is 18.8. The molecule has 178 valence electrons. The van der Waals surface area contributed by atoms with E-state index in [2.05, 4.69) is 91.0 Å². The summed E-state index contributed by atoms with van der Waals surface area (Å²) in [5, 5.41) is 2.26. The van der Waals surface area contributed by atoms with Crippen LogP contribution in [-0.2, 0) is 0 Å². The Kier molecular flexibility index (Phi) is 7.01. The van der Waals surface area contributed by atoms with E-state index in [4.69, 9.17) is 23.1 Å². The Bertz CT molecular complexity index is 1510. The minimum absolute atomic E-state index is 0.349. The second-order valence-electron chi connectivity index (χ2n) is 7.92. The van der Waals surface area contributed by atoms with Gasteiger partial charge in [-0.15, -0.1) is 10.2 Å². The molecular formula is C29H19ClO5Se. The molecule has 0 amide bonds. The zero-order chi connectivity index (χ0) is 25.1. The summed E-state index contributed by atoms with van der Waals surface area (Å²) in [5.41, 5.74) is 7.00. The molecule has 7 heteroatoms. The van der Waals surface area contributed by atoms with Crippen molar-refractivity contribution in [2.24, 2.45) is 0 Å². The van der Waals surface area contributed by atoms with E-state index < -0.39 is 10.2 Å². The number of hydrogen-bond donors (Lipinski definition) is 0. The number of hydrogen-bond acceptors (Lipinski definition) is 4. The summed E-state index contributed by atoms with van der Waals surface area (Å²) in [5.74, 6) is 0. The van der Waals surface area contributed by atoms with E-state index in [1.54, 1.807) is 0 Å². The molecule has 36 heavy (non-hydrogen) atoms. The van der Waals surface area contributed by atoms with Gasteiger partial charge in [0.1, 0.15) is 0 Å². The molecule has 5 aromatic rings. The first-order chi connectivity index (χ1) is 17.4. The standard InChI is InChI=1S/C29H19OSe.ClHO4/c1-5-16-26-22(10-1)20(23-11-2-6-17-27(23)30-26)14-9-15-21-24-12-3-7-18-28(24)31-29-19-8-4-13-25(21)29;2-1(3,4)5/h1-19H;(H,2,3,4,5)/q+1;/p-1/b14-9+;. The number of benzene rings is 4. The molecule has 1 aliphatic rings. The van der Waals surface area contributed by atoms with E-state index in [1.165, 1.54) is 31.2 Å². The molecule has 0 bridgehead atoms. The molecule has 0 atom stereocenters. The fraction of sp³-hybridized carbons (Fsp3) is 0. The maximum Gasteiger partial charge on any atom is -0.112 e. The van der Waals surface area contributed by atoms with Crippen LogP contribution in [0.25, 0.3) is 33.6 Å². The number of rotatable bonds is 2. The number of allylic oxidation sites excluding steroid dienone is 2. The summed E-state index contributed by atoms with van der Waals surface area (Å²) in [6.07, 6.45) is 6.67. The molecule has 0 N–H and O–H groups in total. The van der Waals surface area contributed by atoms with Gasteiger partial charge in [0.05, 0.1) is 0 Å².